The third-order valence-corrected chi connectivity index (χ3v) is 3.17. The molecule has 1 nitrogen and oxygen atoms in total. The maximum absolute atomic E-state index is 13.3. The zero-order chi connectivity index (χ0) is 7.95. The van der Waals surface area contributed by atoms with Gasteiger partial charge in [-0.15, -0.1) is 12.4 Å². The van der Waals surface area contributed by atoms with Crippen LogP contribution >= 0.6 is 12.4 Å². The standard InChI is InChI=1S/C8H13F2N.ClH/c9-8(10)4-5-11-6-7(8)2-1-3-7;/h11H,1-6H2;1H. The zero-order valence-corrected chi connectivity index (χ0v) is 7.72. The van der Waals surface area contributed by atoms with Gasteiger partial charge >= 0.3 is 0 Å². The average Bonchev–Trinajstić information content (AvgIpc) is 1.83. The lowest BCUT2D eigenvalue weighted by molar-refractivity contribution is -0.176. The average molecular weight is 198 g/mol. The Hall–Kier alpha value is 0.110. The summed E-state index contributed by atoms with van der Waals surface area (Å²) in [6, 6.07) is 0. The van der Waals surface area contributed by atoms with Crippen molar-refractivity contribution in [2.24, 2.45) is 5.41 Å². The van der Waals surface area contributed by atoms with Crippen LogP contribution in [0.5, 0.6) is 0 Å². The topological polar surface area (TPSA) is 12.0 Å². The Balaban J connectivity index is 0.000000720. The van der Waals surface area contributed by atoms with E-state index < -0.39 is 11.3 Å². The summed E-state index contributed by atoms with van der Waals surface area (Å²) in [5.41, 5.74) is -0.648. The smallest absolute Gasteiger partial charge is 0.256 e. The molecule has 0 amide bonds. The number of halogens is 3. The second-order valence-electron chi connectivity index (χ2n) is 3.77. The normalized spacial score (nSPS) is 30.5. The number of piperidine rings is 1. The SMILES string of the molecule is Cl.FC1(F)CCNCC12CCC2. The van der Waals surface area contributed by atoms with Crippen LogP contribution in [0.4, 0.5) is 8.78 Å². The van der Waals surface area contributed by atoms with E-state index >= 15 is 0 Å². The van der Waals surface area contributed by atoms with E-state index in [1.807, 2.05) is 0 Å². The van der Waals surface area contributed by atoms with Gasteiger partial charge in [-0.1, -0.05) is 6.42 Å². The fourth-order valence-electron chi connectivity index (χ4n) is 2.11. The third kappa shape index (κ3) is 1.23. The molecule has 1 saturated carbocycles. The monoisotopic (exact) mass is 197 g/mol. The summed E-state index contributed by atoms with van der Waals surface area (Å²) in [4.78, 5) is 0. The molecule has 0 unspecified atom stereocenters. The number of hydrogen-bond acceptors (Lipinski definition) is 1. The van der Waals surface area contributed by atoms with E-state index in [1.165, 1.54) is 0 Å². The lowest BCUT2D eigenvalue weighted by Gasteiger charge is -2.50. The van der Waals surface area contributed by atoms with Crippen molar-refractivity contribution >= 4 is 12.4 Å². The van der Waals surface area contributed by atoms with Gasteiger partial charge < -0.3 is 5.32 Å². The van der Waals surface area contributed by atoms with Gasteiger partial charge in [0.25, 0.3) is 5.92 Å². The second kappa shape index (κ2) is 3.11. The summed E-state index contributed by atoms with van der Waals surface area (Å²) < 4.78 is 26.5. The van der Waals surface area contributed by atoms with Crippen molar-refractivity contribution in [3.05, 3.63) is 0 Å². The molecule has 72 valence electrons. The van der Waals surface area contributed by atoms with Gasteiger partial charge in [0.15, 0.2) is 0 Å². The van der Waals surface area contributed by atoms with Gasteiger partial charge in [-0.3, -0.25) is 0 Å². The van der Waals surface area contributed by atoms with Crippen molar-refractivity contribution in [3.63, 3.8) is 0 Å². The van der Waals surface area contributed by atoms with Gasteiger partial charge in [-0.05, 0) is 12.8 Å². The minimum atomic E-state index is -2.39. The van der Waals surface area contributed by atoms with Crippen LogP contribution in [0, 0.1) is 5.41 Å². The lowest BCUT2D eigenvalue weighted by Crippen LogP contribution is -2.57. The fraction of sp³-hybridized carbons (Fsp3) is 1.00. The van der Waals surface area contributed by atoms with Crippen LogP contribution < -0.4 is 5.32 Å². The Morgan fingerprint density at radius 1 is 1.08 bits per heavy atom. The highest BCUT2D eigenvalue weighted by atomic mass is 35.5. The van der Waals surface area contributed by atoms with Crippen LogP contribution in [0.3, 0.4) is 0 Å². The van der Waals surface area contributed by atoms with Gasteiger partial charge in [0, 0.05) is 24.9 Å². The van der Waals surface area contributed by atoms with Crippen molar-refractivity contribution < 1.29 is 8.78 Å². The van der Waals surface area contributed by atoms with E-state index in [-0.39, 0.29) is 18.8 Å². The predicted molar refractivity (Wildman–Crippen MR) is 46.0 cm³/mol. The molecule has 1 heterocycles. The molecule has 2 rings (SSSR count). The van der Waals surface area contributed by atoms with Crippen molar-refractivity contribution in [2.75, 3.05) is 13.1 Å². The van der Waals surface area contributed by atoms with Crippen LogP contribution in [0.2, 0.25) is 0 Å². The number of hydrogen-bond donors (Lipinski definition) is 1. The summed E-state index contributed by atoms with van der Waals surface area (Å²) in [7, 11) is 0. The molecule has 0 aromatic rings. The first kappa shape index (κ1) is 10.2. The van der Waals surface area contributed by atoms with E-state index in [1.54, 1.807) is 0 Å². The first-order chi connectivity index (χ1) is 5.16. The summed E-state index contributed by atoms with van der Waals surface area (Å²) in [5, 5.41) is 3.05. The Bertz CT molecular complexity index is 168. The highest BCUT2D eigenvalue weighted by Crippen LogP contribution is 2.54. The molecule has 0 aromatic heterocycles. The fourth-order valence-corrected chi connectivity index (χ4v) is 2.11. The van der Waals surface area contributed by atoms with E-state index in [2.05, 4.69) is 5.32 Å². The molecule has 0 radical (unpaired) electrons. The molecule has 12 heavy (non-hydrogen) atoms. The summed E-state index contributed by atoms with van der Waals surface area (Å²) >= 11 is 0. The molecule has 0 atom stereocenters. The zero-order valence-electron chi connectivity index (χ0n) is 6.91. The largest absolute Gasteiger partial charge is 0.316 e. The highest BCUT2D eigenvalue weighted by Gasteiger charge is 2.57. The number of rotatable bonds is 0. The van der Waals surface area contributed by atoms with Crippen LogP contribution in [0.25, 0.3) is 0 Å². The molecule has 0 bridgehead atoms. The van der Waals surface area contributed by atoms with Crippen LogP contribution in [-0.4, -0.2) is 19.0 Å². The number of alkyl halides is 2. The van der Waals surface area contributed by atoms with E-state index in [4.69, 9.17) is 0 Å². The lowest BCUT2D eigenvalue weighted by atomic mass is 9.62. The van der Waals surface area contributed by atoms with E-state index in [0.717, 1.165) is 6.42 Å². The van der Waals surface area contributed by atoms with Crippen molar-refractivity contribution in [3.8, 4) is 0 Å². The quantitative estimate of drug-likeness (QED) is 0.628. The molecular formula is C8H14ClF2N. The van der Waals surface area contributed by atoms with Gasteiger partial charge in [0.1, 0.15) is 0 Å². The molecule has 1 N–H and O–H groups in total. The van der Waals surface area contributed by atoms with Crippen LogP contribution in [-0.2, 0) is 0 Å². The number of nitrogens with one attached hydrogen (secondary N) is 1. The van der Waals surface area contributed by atoms with E-state index in [0.29, 0.717) is 25.9 Å². The van der Waals surface area contributed by atoms with Crippen molar-refractivity contribution in [2.45, 2.75) is 31.6 Å². The summed E-state index contributed by atoms with van der Waals surface area (Å²) in [6.07, 6.45) is 2.45. The molecule has 1 saturated heterocycles. The molecular weight excluding hydrogens is 184 g/mol. The Labute approximate surface area is 77.3 Å². The van der Waals surface area contributed by atoms with Crippen LogP contribution in [0.15, 0.2) is 0 Å². The van der Waals surface area contributed by atoms with Crippen LogP contribution in [0.1, 0.15) is 25.7 Å². The maximum Gasteiger partial charge on any atom is 0.256 e. The maximum atomic E-state index is 13.3. The van der Waals surface area contributed by atoms with Crippen molar-refractivity contribution in [1.29, 1.82) is 0 Å². The van der Waals surface area contributed by atoms with Gasteiger partial charge in [0.05, 0.1) is 0 Å². The summed E-state index contributed by atoms with van der Waals surface area (Å²) in [6.45, 7) is 1.01. The molecule has 1 aliphatic carbocycles. The van der Waals surface area contributed by atoms with Gasteiger partial charge in [0.2, 0.25) is 0 Å². The molecule has 2 aliphatic rings. The van der Waals surface area contributed by atoms with Crippen molar-refractivity contribution in [1.82, 2.24) is 5.32 Å². The molecule has 1 spiro atoms. The molecule has 4 heteroatoms. The molecule has 1 aliphatic heterocycles. The third-order valence-electron chi connectivity index (χ3n) is 3.17. The second-order valence-corrected chi connectivity index (χ2v) is 3.77. The minimum Gasteiger partial charge on any atom is -0.316 e. The first-order valence-corrected chi connectivity index (χ1v) is 4.25. The first-order valence-electron chi connectivity index (χ1n) is 4.25. The molecule has 0 aromatic carbocycles. The van der Waals surface area contributed by atoms with Gasteiger partial charge in [-0.25, -0.2) is 8.78 Å². The molecule has 2 fully saturated rings. The Morgan fingerprint density at radius 2 is 1.75 bits per heavy atom. The highest BCUT2D eigenvalue weighted by molar-refractivity contribution is 5.85. The Morgan fingerprint density at radius 3 is 2.08 bits per heavy atom. The van der Waals surface area contributed by atoms with Gasteiger partial charge in [-0.2, -0.15) is 0 Å². The summed E-state index contributed by atoms with van der Waals surface area (Å²) in [5.74, 6) is -2.39. The minimum absolute atomic E-state index is 0. The Kier molecular flexibility index (Phi) is 2.64. The predicted octanol–water partition coefficient (Wildman–Crippen LogP) is 2.21. The van der Waals surface area contributed by atoms with E-state index in [9.17, 15) is 8.78 Å².